The zero-order valence-corrected chi connectivity index (χ0v) is 10.7. The van der Waals surface area contributed by atoms with E-state index in [1.54, 1.807) is 0 Å². The SMILES string of the molecule is CC1(C)C(CNC2CCNCC2)C1(C)C. The van der Waals surface area contributed by atoms with E-state index < -0.39 is 0 Å². The predicted molar refractivity (Wildman–Crippen MR) is 64.9 cm³/mol. The van der Waals surface area contributed by atoms with Crippen LogP contribution in [0.4, 0.5) is 0 Å². The van der Waals surface area contributed by atoms with Crippen molar-refractivity contribution >= 4 is 0 Å². The second-order valence-corrected chi connectivity index (χ2v) is 6.43. The zero-order valence-electron chi connectivity index (χ0n) is 10.7. The lowest BCUT2D eigenvalue weighted by Gasteiger charge is -2.24. The van der Waals surface area contributed by atoms with E-state index in [-0.39, 0.29) is 0 Å². The minimum Gasteiger partial charge on any atom is -0.317 e. The molecule has 0 aromatic heterocycles. The fourth-order valence-corrected chi connectivity index (χ4v) is 3.15. The van der Waals surface area contributed by atoms with Gasteiger partial charge < -0.3 is 10.6 Å². The van der Waals surface area contributed by atoms with Gasteiger partial charge in [-0.05, 0) is 49.2 Å². The summed E-state index contributed by atoms with van der Waals surface area (Å²) >= 11 is 0. The average molecular weight is 210 g/mol. The van der Waals surface area contributed by atoms with Crippen molar-refractivity contribution < 1.29 is 0 Å². The lowest BCUT2D eigenvalue weighted by atomic mass is 10.0. The summed E-state index contributed by atoms with van der Waals surface area (Å²) in [5, 5.41) is 7.17. The highest BCUT2D eigenvalue weighted by Crippen LogP contribution is 2.67. The van der Waals surface area contributed by atoms with Crippen LogP contribution in [-0.4, -0.2) is 25.7 Å². The van der Waals surface area contributed by atoms with Crippen molar-refractivity contribution in [2.45, 2.75) is 46.6 Å². The van der Waals surface area contributed by atoms with Crippen molar-refractivity contribution in [3.05, 3.63) is 0 Å². The van der Waals surface area contributed by atoms with Crippen molar-refractivity contribution in [2.75, 3.05) is 19.6 Å². The van der Waals surface area contributed by atoms with Crippen LogP contribution in [0.1, 0.15) is 40.5 Å². The van der Waals surface area contributed by atoms with Gasteiger partial charge in [0.15, 0.2) is 0 Å². The molecule has 88 valence electrons. The van der Waals surface area contributed by atoms with Crippen LogP contribution in [0.15, 0.2) is 0 Å². The van der Waals surface area contributed by atoms with E-state index in [1.165, 1.54) is 32.5 Å². The van der Waals surface area contributed by atoms with Gasteiger partial charge in [-0.1, -0.05) is 27.7 Å². The molecular formula is C13H26N2. The molecule has 2 N–H and O–H groups in total. The van der Waals surface area contributed by atoms with Gasteiger partial charge in [0, 0.05) is 6.04 Å². The Bertz CT molecular complexity index is 213. The molecule has 2 nitrogen and oxygen atoms in total. The summed E-state index contributed by atoms with van der Waals surface area (Å²) in [5.74, 6) is 0.861. The van der Waals surface area contributed by atoms with Crippen LogP contribution < -0.4 is 10.6 Å². The molecule has 1 aliphatic carbocycles. The van der Waals surface area contributed by atoms with Crippen molar-refractivity contribution in [1.82, 2.24) is 10.6 Å². The van der Waals surface area contributed by atoms with E-state index in [2.05, 4.69) is 38.3 Å². The van der Waals surface area contributed by atoms with E-state index in [4.69, 9.17) is 0 Å². The van der Waals surface area contributed by atoms with E-state index in [9.17, 15) is 0 Å². The first kappa shape index (κ1) is 11.4. The van der Waals surface area contributed by atoms with Crippen molar-refractivity contribution in [3.63, 3.8) is 0 Å². The Hall–Kier alpha value is -0.0800. The molecule has 2 rings (SSSR count). The molecule has 15 heavy (non-hydrogen) atoms. The smallest absolute Gasteiger partial charge is 0.00913 e. The summed E-state index contributed by atoms with van der Waals surface area (Å²) in [5.41, 5.74) is 1.07. The molecule has 0 atom stereocenters. The Morgan fingerprint density at radius 3 is 2.07 bits per heavy atom. The number of rotatable bonds is 3. The molecule has 1 aliphatic heterocycles. The molecule has 0 aromatic rings. The lowest BCUT2D eigenvalue weighted by molar-refractivity contribution is 0.370. The van der Waals surface area contributed by atoms with Gasteiger partial charge in [-0.3, -0.25) is 0 Å². The molecule has 1 saturated heterocycles. The number of piperidine rings is 1. The third-order valence-electron chi connectivity index (χ3n) is 5.27. The van der Waals surface area contributed by atoms with E-state index in [0.717, 1.165) is 12.0 Å². The quantitative estimate of drug-likeness (QED) is 0.744. The minimum absolute atomic E-state index is 0.535. The average Bonchev–Trinajstić information content (AvgIpc) is 2.57. The zero-order chi connectivity index (χ0) is 11.1. The van der Waals surface area contributed by atoms with Crippen LogP contribution in [0.3, 0.4) is 0 Å². The van der Waals surface area contributed by atoms with Gasteiger partial charge in [-0.2, -0.15) is 0 Å². The molecule has 1 saturated carbocycles. The molecule has 0 unspecified atom stereocenters. The number of hydrogen-bond acceptors (Lipinski definition) is 2. The summed E-state index contributed by atoms with van der Waals surface area (Å²) in [6.45, 7) is 13.2. The van der Waals surface area contributed by atoms with Crippen molar-refractivity contribution in [1.29, 1.82) is 0 Å². The Kier molecular flexibility index (Phi) is 2.85. The Morgan fingerprint density at radius 2 is 1.60 bits per heavy atom. The molecule has 0 spiro atoms. The third kappa shape index (κ3) is 1.94. The highest BCUT2D eigenvalue weighted by molar-refractivity contribution is 5.13. The first-order valence-electron chi connectivity index (χ1n) is 6.40. The van der Waals surface area contributed by atoms with Gasteiger partial charge in [0.05, 0.1) is 0 Å². The van der Waals surface area contributed by atoms with Crippen LogP contribution >= 0.6 is 0 Å². The molecule has 2 heteroatoms. The van der Waals surface area contributed by atoms with Crippen LogP contribution in [0.5, 0.6) is 0 Å². The predicted octanol–water partition coefficient (Wildman–Crippen LogP) is 2.01. The van der Waals surface area contributed by atoms with E-state index in [1.807, 2.05) is 0 Å². The topological polar surface area (TPSA) is 24.1 Å². The summed E-state index contributed by atoms with van der Waals surface area (Å²) in [4.78, 5) is 0. The summed E-state index contributed by atoms with van der Waals surface area (Å²) in [7, 11) is 0. The molecule has 0 aromatic carbocycles. The van der Waals surface area contributed by atoms with Gasteiger partial charge in [0.25, 0.3) is 0 Å². The summed E-state index contributed by atoms with van der Waals surface area (Å²) < 4.78 is 0. The first-order valence-corrected chi connectivity index (χ1v) is 6.40. The molecule has 0 bridgehead atoms. The summed E-state index contributed by atoms with van der Waals surface area (Å²) in [6.07, 6.45) is 2.60. The molecular weight excluding hydrogens is 184 g/mol. The molecule has 0 amide bonds. The fraction of sp³-hybridized carbons (Fsp3) is 1.00. The maximum Gasteiger partial charge on any atom is 0.00913 e. The van der Waals surface area contributed by atoms with Crippen LogP contribution in [0.25, 0.3) is 0 Å². The Morgan fingerprint density at radius 1 is 1.07 bits per heavy atom. The van der Waals surface area contributed by atoms with Gasteiger partial charge in [0.2, 0.25) is 0 Å². The molecule has 2 aliphatic rings. The van der Waals surface area contributed by atoms with Crippen LogP contribution in [0, 0.1) is 16.7 Å². The van der Waals surface area contributed by atoms with Crippen LogP contribution in [0.2, 0.25) is 0 Å². The van der Waals surface area contributed by atoms with Crippen molar-refractivity contribution in [2.24, 2.45) is 16.7 Å². The highest BCUT2D eigenvalue weighted by Gasteiger charge is 2.63. The maximum atomic E-state index is 3.75. The minimum atomic E-state index is 0.535. The summed E-state index contributed by atoms with van der Waals surface area (Å²) in [6, 6.07) is 0.762. The lowest BCUT2D eigenvalue weighted by Crippen LogP contribution is -2.41. The van der Waals surface area contributed by atoms with E-state index >= 15 is 0 Å². The molecule has 0 radical (unpaired) electrons. The number of nitrogens with one attached hydrogen (secondary N) is 2. The first-order chi connectivity index (χ1) is 6.96. The third-order valence-corrected chi connectivity index (χ3v) is 5.27. The standard InChI is InChI=1S/C13H26N2/c1-12(2)11(13(12,3)4)9-15-10-5-7-14-8-6-10/h10-11,14-15H,5-9H2,1-4H3. The Labute approximate surface area is 94.2 Å². The second kappa shape index (κ2) is 3.74. The van der Waals surface area contributed by atoms with Gasteiger partial charge >= 0.3 is 0 Å². The van der Waals surface area contributed by atoms with Crippen LogP contribution in [-0.2, 0) is 0 Å². The van der Waals surface area contributed by atoms with Gasteiger partial charge in [-0.25, -0.2) is 0 Å². The highest BCUT2D eigenvalue weighted by atomic mass is 15.0. The van der Waals surface area contributed by atoms with Crippen molar-refractivity contribution in [3.8, 4) is 0 Å². The Balaban J connectivity index is 1.75. The normalized spacial score (nSPS) is 30.4. The number of hydrogen-bond donors (Lipinski definition) is 2. The largest absolute Gasteiger partial charge is 0.317 e. The fourth-order valence-electron chi connectivity index (χ4n) is 3.15. The second-order valence-electron chi connectivity index (χ2n) is 6.43. The van der Waals surface area contributed by atoms with E-state index in [0.29, 0.717) is 10.8 Å². The molecule has 1 heterocycles. The van der Waals surface area contributed by atoms with Gasteiger partial charge in [0.1, 0.15) is 0 Å². The maximum absolute atomic E-state index is 3.75. The molecule has 2 fully saturated rings. The monoisotopic (exact) mass is 210 g/mol. The van der Waals surface area contributed by atoms with Gasteiger partial charge in [-0.15, -0.1) is 0 Å².